The summed E-state index contributed by atoms with van der Waals surface area (Å²) in [7, 11) is 1.75. The monoisotopic (exact) mass is 281 g/mol. The Hall–Kier alpha value is -2.11. The van der Waals surface area contributed by atoms with Crippen LogP contribution in [0.5, 0.6) is 5.75 Å². The molecule has 0 saturated heterocycles. The van der Waals surface area contributed by atoms with E-state index >= 15 is 0 Å². The number of aryl methyl sites for hydroxylation is 1. The third kappa shape index (κ3) is 2.74. The molecule has 2 N–H and O–H groups in total. The summed E-state index contributed by atoms with van der Waals surface area (Å²) in [6.45, 7) is 1.18. The summed E-state index contributed by atoms with van der Waals surface area (Å²) in [6, 6.07) is 6.48. The topological polar surface area (TPSA) is 53.1 Å². The van der Waals surface area contributed by atoms with Gasteiger partial charge in [0.25, 0.3) is 0 Å². The van der Waals surface area contributed by atoms with Crippen molar-refractivity contribution in [3.63, 3.8) is 0 Å². The molecular formula is C14H17F2N3O. The van der Waals surface area contributed by atoms with Gasteiger partial charge in [-0.05, 0) is 18.1 Å². The summed E-state index contributed by atoms with van der Waals surface area (Å²) in [5, 5.41) is 4.37. The molecule has 2 aromatic rings. The quantitative estimate of drug-likeness (QED) is 0.934. The van der Waals surface area contributed by atoms with Crippen LogP contribution in [0.15, 0.2) is 24.3 Å². The first-order valence-electron chi connectivity index (χ1n) is 6.27. The fraction of sp³-hybridized carbons (Fsp3) is 0.357. The van der Waals surface area contributed by atoms with E-state index in [0.29, 0.717) is 17.1 Å². The van der Waals surface area contributed by atoms with Crippen molar-refractivity contribution >= 4 is 5.82 Å². The lowest BCUT2D eigenvalue weighted by molar-refractivity contribution is -0.0498. The summed E-state index contributed by atoms with van der Waals surface area (Å²) >= 11 is 0. The Morgan fingerprint density at radius 1 is 1.30 bits per heavy atom. The number of rotatable bonds is 4. The number of alkyl halides is 2. The largest absolute Gasteiger partial charge is 0.435 e. The van der Waals surface area contributed by atoms with E-state index in [0.717, 1.165) is 5.56 Å². The molecule has 0 saturated carbocycles. The highest BCUT2D eigenvalue weighted by Gasteiger charge is 2.18. The first-order valence-corrected chi connectivity index (χ1v) is 6.27. The Bertz CT molecular complexity index is 608. The van der Waals surface area contributed by atoms with Crippen molar-refractivity contribution in [2.75, 3.05) is 5.73 Å². The van der Waals surface area contributed by atoms with Gasteiger partial charge in [-0.15, -0.1) is 0 Å². The van der Waals surface area contributed by atoms with Gasteiger partial charge < -0.3 is 10.5 Å². The molecule has 6 heteroatoms. The summed E-state index contributed by atoms with van der Waals surface area (Å²) in [5.41, 5.74) is 8.32. The molecule has 0 fully saturated rings. The van der Waals surface area contributed by atoms with Crippen molar-refractivity contribution in [3.05, 3.63) is 29.8 Å². The van der Waals surface area contributed by atoms with Crippen LogP contribution in [0.2, 0.25) is 0 Å². The van der Waals surface area contributed by atoms with Crippen molar-refractivity contribution in [2.45, 2.75) is 26.4 Å². The first kappa shape index (κ1) is 14.3. The lowest BCUT2D eigenvalue weighted by Crippen LogP contribution is -2.02. The number of halogens is 2. The van der Waals surface area contributed by atoms with Crippen LogP contribution in [0.25, 0.3) is 11.3 Å². The van der Waals surface area contributed by atoms with Gasteiger partial charge in [0.2, 0.25) is 0 Å². The minimum atomic E-state index is -2.84. The van der Waals surface area contributed by atoms with Gasteiger partial charge in [-0.3, -0.25) is 4.68 Å². The molecule has 0 bridgehead atoms. The van der Waals surface area contributed by atoms with Gasteiger partial charge >= 0.3 is 6.61 Å². The van der Waals surface area contributed by atoms with Gasteiger partial charge in [-0.2, -0.15) is 13.9 Å². The van der Waals surface area contributed by atoms with Gasteiger partial charge in [0, 0.05) is 18.2 Å². The van der Waals surface area contributed by atoms with Crippen LogP contribution in [-0.4, -0.2) is 16.4 Å². The van der Waals surface area contributed by atoms with Gasteiger partial charge in [-0.1, -0.05) is 26.0 Å². The molecule has 0 aliphatic rings. The molecule has 0 radical (unpaired) electrons. The van der Waals surface area contributed by atoms with Gasteiger partial charge in [-0.25, -0.2) is 0 Å². The Balaban J connectivity index is 2.49. The van der Waals surface area contributed by atoms with Crippen LogP contribution < -0.4 is 10.5 Å². The molecule has 108 valence electrons. The molecule has 1 aromatic carbocycles. The third-order valence-corrected chi connectivity index (χ3v) is 3.04. The zero-order chi connectivity index (χ0) is 14.9. The highest BCUT2D eigenvalue weighted by atomic mass is 19.3. The highest BCUT2D eigenvalue weighted by molar-refractivity contribution is 5.70. The molecule has 20 heavy (non-hydrogen) atoms. The predicted octanol–water partition coefficient (Wildman–Crippen LogP) is 3.39. The second-order valence-electron chi connectivity index (χ2n) is 4.83. The average Bonchev–Trinajstić information content (AvgIpc) is 2.65. The average molecular weight is 281 g/mol. The Kier molecular flexibility index (Phi) is 3.92. The van der Waals surface area contributed by atoms with E-state index in [1.54, 1.807) is 29.9 Å². The standard InChI is InChI=1S/C14H17F2N3O/c1-8(2)11-12(18-19(3)13(11)17)9-5-4-6-10(7-9)20-14(15)16/h4-8,14H,17H2,1-3H3. The van der Waals surface area contributed by atoms with Crippen molar-refractivity contribution < 1.29 is 13.5 Å². The first-order chi connectivity index (χ1) is 9.40. The molecule has 0 atom stereocenters. The van der Waals surface area contributed by atoms with Crippen molar-refractivity contribution in [1.82, 2.24) is 9.78 Å². The van der Waals surface area contributed by atoms with Gasteiger partial charge in [0.15, 0.2) is 0 Å². The maximum Gasteiger partial charge on any atom is 0.387 e. The maximum atomic E-state index is 12.3. The van der Waals surface area contributed by atoms with Crippen LogP contribution >= 0.6 is 0 Å². The molecule has 1 aromatic heterocycles. The summed E-state index contributed by atoms with van der Waals surface area (Å²) < 4.78 is 30.5. The van der Waals surface area contributed by atoms with E-state index in [1.165, 1.54) is 6.07 Å². The lowest BCUT2D eigenvalue weighted by atomic mass is 9.98. The second kappa shape index (κ2) is 5.48. The Labute approximate surface area is 116 Å². The Morgan fingerprint density at radius 3 is 2.60 bits per heavy atom. The van der Waals surface area contributed by atoms with Gasteiger partial charge in [0.05, 0.1) is 5.69 Å². The molecule has 2 rings (SSSR count). The molecular weight excluding hydrogens is 264 g/mol. The lowest BCUT2D eigenvalue weighted by Gasteiger charge is -2.09. The third-order valence-electron chi connectivity index (χ3n) is 3.04. The summed E-state index contributed by atoms with van der Waals surface area (Å²) in [5.74, 6) is 0.866. The van der Waals surface area contributed by atoms with Crippen molar-refractivity contribution in [1.29, 1.82) is 0 Å². The van der Waals surface area contributed by atoms with Crippen molar-refractivity contribution in [2.24, 2.45) is 7.05 Å². The number of benzene rings is 1. The fourth-order valence-corrected chi connectivity index (χ4v) is 2.16. The number of nitrogen functional groups attached to an aromatic ring is 1. The van der Waals surface area contributed by atoms with Crippen LogP contribution in [0.1, 0.15) is 25.3 Å². The minimum Gasteiger partial charge on any atom is -0.435 e. The van der Waals surface area contributed by atoms with E-state index in [1.807, 2.05) is 13.8 Å². The molecule has 4 nitrogen and oxygen atoms in total. The smallest absolute Gasteiger partial charge is 0.387 e. The number of nitrogens with two attached hydrogens (primary N) is 1. The van der Waals surface area contributed by atoms with Crippen LogP contribution in [0.4, 0.5) is 14.6 Å². The Morgan fingerprint density at radius 2 is 2.00 bits per heavy atom. The van der Waals surface area contributed by atoms with Crippen LogP contribution in [0, 0.1) is 0 Å². The van der Waals surface area contributed by atoms with E-state index in [4.69, 9.17) is 5.73 Å². The summed E-state index contributed by atoms with van der Waals surface area (Å²) in [6.07, 6.45) is 0. The highest BCUT2D eigenvalue weighted by Crippen LogP contribution is 2.34. The molecule has 0 aliphatic heterocycles. The SMILES string of the molecule is CC(C)c1c(-c2cccc(OC(F)F)c2)nn(C)c1N. The van der Waals surface area contributed by atoms with E-state index in [2.05, 4.69) is 9.84 Å². The molecule has 0 unspecified atom stereocenters. The van der Waals surface area contributed by atoms with Crippen molar-refractivity contribution in [3.8, 4) is 17.0 Å². The number of nitrogens with zero attached hydrogens (tertiary/aromatic N) is 2. The normalized spacial score (nSPS) is 11.3. The fourth-order valence-electron chi connectivity index (χ4n) is 2.16. The van der Waals surface area contributed by atoms with Gasteiger partial charge in [0.1, 0.15) is 11.6 Å². The zero-order valence-corrected chi connectivity index (χ0v) is 11.6. The molecule has 1 heterocycles. The second-order valence-corrected chi connectivity index (χ2v) is 4.83. The number of hydrogen-bond donors (Lipinski definition) is 1. The zero-order valence-electron chi connectivity index (χ0n) is 11.6. The molecule has 0 amide bonds. The van der Waals surface area contributed by atoms with Crippen LogP contribution in [0.3, 0.4) is 0 Å². The number of hydrogen-bond acceptors (Lipinski definition) is 3. The van der Waals surface area contributed by atoms with Crippen LogP contribution in [-0.2, 0) is 7.05 Å². The predicted molar refractivity (Wildman–Crippen MR) is 73.8 cm³/mol. The van der Waals surface area contributed by atoms with E-state index in [9.17, 15) is 8.78 Å². The number of aromatic nitrogens is 2. The molecule has 0 spiro atoms. The number of anilines is 1. The summed E-state index contributed by atoms with van der Waals surface area (Å²) in [4.78, 5) is 0. The number of ether oxygens (including phenoxy) is 1. The minimum absolute atomic E-state index is 0.108. The van der Waals surface area contributed by atoms with E-state index < -0.39 is 6.61 Å². The van der Waals surface area contributed by atoms with E-state index in [-0.39, 0.29) is 11.7 Å². The molecule has 0 aliphatic carbocycles. The maximum absolute atomic E-state index is 12.3.